The number of nitrogens with one attached hydrogen (secondary N) is 2. The molecule has 1 fully saturated rings. The molecule has 3 N–H and O–H groups in total. The maximum Gasteiger partial charge on any atom is 0.459 e. The predicted molar refractivity (Wildman–Crippen MR) is 188 cm³/mol. The lowest BCUT2D eigenvalue weighted by molar-refractivity contribution is -0.147. The molecule has 0 spiro atoms. The zero-order valence-corrected chi connectivity index (χ0v) is 29.2. The Bertz CT molecular complexity index is 1900. The molecule has 0 amide bonds. The van der Waals surface area contributed by atoms with E-state index in [1.165, 1.54) is 33.6 Å². The molecule has 0 aliphatic carbocycles. The summed E-state index contributed by atoms with van der Waals surface area (Å²) in [5.41, 5.74) is -0.319. The van der Waals surface area contributed by atoms with E-state index in [1.807, 2.05) is 66.9 Å². The van der Waals surface area contributed by atoms with Gasteiger partial charge in [0.2, 0.25) is 0 Å². The number of aliphatic hydroxyl groups excluding tert-OH is 1. The summed E-state index contributed by atoms with van der Waals surface area (Å²) in [5, 5.41) is 15.2. The number of benzene rings is 3. The summed E-state index contributed by atoms with van der Waals surface area (Å²) in [5.74, 6) is 0.156. The van der Waals surface area contributed by atoms with Crippen LogP contribution < -0.4 is 20.9 Å². The van der Waals surface area contributed by atoms with Crippen molar-refractivity contribution in [2.24, 2.45) is 0 Å². The Labute approximate surface area is 289 Å². The first kappa shape index (κ1) is 35.8. The van der Waals surface area contributed by atoms with Gasteiger partial charge >= 0.3 is 19.4 Å². The lowest BCUT2D eigenvalue weighted by Gasteiger charge is -2.26. The first-order chi connectivity index (χ1) is 23.2. The molecule has 1 aliphatic heterocycles. The van der Waals surface area contributed by atoms with Crippen molar-refractivity contribution in [2.45, 2.75) is 43.9 Å². The third-order valence-electron chi connectivity index (χ3n) is 7.56. The Morgan fingerprint density at radius 3 is 2.69 bits per heavy atom. The van der Waals surface area contributed by atoms with Gasteiger partial charge in [-0.1, -0.05) is 82.7 Å². The molecule has 12 nitrogen and oxygen atoms in total. The minimum absolute atomic E-state index is 0.0124. The van der Waals surface area contributed by atoms with Gasteiger partial charge in [0.25, 0.3) is 5.56 Å². The van der Waals surface area contributed by atoms with E-state index in [4.69, 9.17) is 18.5 Å². The smallest absolute Gasteiger partial charge is 0.459 e. The number of ether oxygens (including phenoxy) is 2. The largest absolute Gasteiger partial charge is 0.460 e. The van der Waals surface area contributed by atoms with Crippen molar-refractivity contribution >= 4 is 58.3 Å². The van der Waals surface area contributed by atoms with Gasteiger partial charge in [0.1, 0.15) is 30.7 Å². The lowest BCUT2D eigenvalue weighted by Crippen LogP contribution is -2.39. The van der Waals surface area contributed by atoms with Gasteiger partial charge in [-0.15, -0.1) is 0 Å². The Morgan fingerprint density at radius 1 is 1.17 bits per heavy atom. The second kappa shape index (κ2) is 16.8. The number of rotatable bonds is 15. The van der Waals surface area contributed by atoms with Crippen molar-refractivity contribution in [1.29, 1.82) is 0 Å². The molecule has 1 unspecified atom stereocenters. The second-order valence-corrected chi connectivity index (χ2v) is 14.1. The number of aliphatic hydroxyl groups is 1. The van der Waals surface area contributed by atoms with Gasteiger partial charge in [-0.05, 0) is 46.5 Å². The van der Waals surface area contributed by atoms with Crippen LogP contribution in [0.1, 0.15) is 30.2 Å². The Balaban J connectivity index is 1.38. The van der Waals surface area contributed by atoms with Crippen LogP contribution in [0.25, 0.3) is 16.8 Å². The molecule has 0 radical (unpaired) electrons. The van der Waals surface area contributed by atoms with Crippen molar-refractivity contribution < 1.29 is 33.0 Å². The van der Waals surface area contributed by atoms with Crippen LogP contribution in [0.4, 0.5) is 0 Å². The van der Waals surface area contributed by atoms with Crippen molar-refractivity contribution in [3.63, 3.8) is 0 Å². The van der Waals surface area contributed by atoms with Crippen LogP contribution in [0.5, 0.6) is 5.75 Å². The number of hydrogen-bond acceptors (Lipinski definition) is 10. The minimum Gasteiger partial charge on any atom is -0.460 e. The average molecular weight is 761 g/mol. The Morgan fingerprint density at radius 2 is 1.92 bits per heavy atom. The standard InChI is InChI=1S/C33H35BrN3O9PS/c1-48-17-15-26(32(40)43-20-22-8-3-2-4-9-22)36-47(42,46-28-13-7-11-23-10-5-6-12-25(23)28)44-21-29-27(38)18-30(45-29)37-19-24(14-16-34)31(39)35-33(37)41/h2-14,16,19,26-27,29-30,38H,15,17-18,20-21H2,1H3,(H,36,42)(H,35,39,41)/b16-14+/t26-,27-,29+,30+,47?/m0/s1. The number of carbonyl (C=O) groups is 1. The second-order valence-electron chi connectivity index (χ2n) is 10.9. The molecule has 15 heteroatoms. The van der Waals surface area contributed by atoms with E-state index in [9.17, 15) is 24.1 Å². The van der Waals surface area contributed by atoms with E-state index in [0.717, 1.165) is 10.9 Å². The van der Waals surface area contributed by atoms with Gasteiger partial charge in [-0.25, -0.2) is 9.36 Å². The Kier molecular flexibility index (Phi) is 12.5. The predicted octanol–water partition coefficient (Wildman–Crippen LogP) is 5.36. The van der Waals surface area contributed by atoms with E-state index in [1.54, 1.807) is 12.1 Å². The summed E-state index contributed by atoms with van der Waals surface area (Å²) in [6.07, 6.45) is 1.81. The quantitative estimate of drug-likeness (QED) is 0.106. The molecule has 0 bridgehead atoms. The minimum atomic E-state index is -4.38. The summed E-state index contributed by atoms with van der Waals surface area (Å²) in [4.78, 5) is 41.8. The maximum absolute atomic E-state index is 14.6. The van der Waals surface area contributed by atoms with Crippen molar-refractivity contribution in [1.82, 2.24) is 14.6 Å². The van der Waals surface area contributed by atoms with Gasteiger partial charge in [0, 0.05) is 18.0 Å². The number of nitrogens with zero attached hydrogens (tertiary/aromatic N) is 1. The molecule has 5 atom stereocenters. The van der Waals surface area contributed by atoms with Gasteiger partial charge in [-0.2, -0.15) is 16.8 Å². The van der Waals surface area contributed by atoms with E-state index in [-0.39, 0.29) is 30.8 Å². The van der Waals surface area contributed by atoms with Gasteiger partial charge < -0.3 is 19.1 Å². The highest BCUT2D eigenvalue weighted by molar-refractivity contribution is 9.11. The molecule has 3 aromatic carbocycles. The molecule has 254 valence electrons. The molecular weight excluding hydrogens is 725 g/mol. The summed E-state index contributed by atoms with van der Waals surface area (Å²) in [6, 6.07) is 20.8. The monoisotopic (exact) mass is 759 g/mol. The van der Waals surface area contributed by atoms with Gasteiger partial charge in [-0.3, -0.25) is 23.7 Å². The van der Waals surface area contributed by atoms with Crippen LogP contribution in [0.2, 0.25) is 0 Å². The first-order valence-corrected chi connectivity index (χ1v) is 18.9. The van der Waals surface area contributed by atoms with Gasteiger partial charge in [0.05, 0.1) is 18.3 Å². The normalized spacial score (nSPS) is 19.7. The van der Waals surface area contributed by atoms with Crippen molar-refractivity contribution in [3.05, 3.63) is 116 Å². The molecular formula is C33H35BrN3O9PS. The molecule has 1 aliphatic rings. The molecule has 5 rings (SSSR count). The molecule has 1 aromatic heterocycles. The number of aromatic nitrogens is 2. The average Bonchev–Trinajstić information content (AvgIpc) is 3.46. The van der Waals surface area contributed by atoms with Crippen LogP contribution in [0, 0.1) is 0 Å². The SMILES string of the molecule is CSCC[C@H](NP(=O)(OC[C@H]1O[C@@H](n2cc(/C=C/Br)c(=O)[nH]c2=O)C[C@@H]1O)Oc1cccc2ccccc12)C(=O)OCc1ccccc1. The molecule has 0 saturated carbocycles. The maximum atomic E-state index is 14.6. The van der Waals surface area contributed by atoms with Crippen LogP contribution in [0.15, 0.2) is 93.6 Å². The highest BCUT2D eigenvalue weighted by Gasteiger charge is 2.40. The van der Waals surface area contributed by atoms with Crippen LogP contribution in [0.3, 0.4) is 0 Å². The number of halogens is 1. The number of fused-ring (bicyclic) bond motifs is 1. The van der Waals surface area contributed by atoms with Gasteiger partial charge in [0.15, 0.2) is 0 Å². The topological polar surface area (TPSA) is 158 Å². The van der Waals surface area contributed by atoms with Crippen LogP contribution >= 0.6 is 35.4 Å². The number of aromatic amines is 1. The fourth-order valence-corrected chi connectivity index (χ4v) is 7.41. The third kappa shape index (κ3) is 9.14. The van der Waals surface area contributed by atoms with Crippen LogP contribution in [-0.2, 0) is 30.0 Å². The van der Waals surface area contributed by atoms with Crippen molar-refractivity contribution in [2.75, 3.05) is 18.6 Å². The molecule has 4 aromatic rings. The summed E-state index contributed by atoms with van der Waals surface area (Å²) < 4.78 is 39.3. The van der Waals surface area contributed by atoms with E-state index >= 15 is 0 Å². The van der Waals surface area contributed by atoms with Crippen molar-refractivity contribution in [3.8, 4) is 5.75 Å². The lowest BCUT2D eigenvalue weighted by atomic mass is 10.1. The fourth-order valence-electron chi connectivity index (χ4n) is 5.09. The summed E-state index contributed by atoms with van der Waals surface area (Å²) >= 11 is 4.62. The third-order valence-corrected chi connectivity index (χ3v) is 10.0. The van der Waals surface area contributed by atoms with E-state index in [2.05, 4.69) is 26.0 Å². The molecule has 48 heavy (non-hydrogen) atoms. The highest BCUT2D eigenvalue weighted by Crippen LogP contribution is 2.48. The number of hydrogen-bond donors (Lipinski definition) is 3. The number of H-pyrrole nitrogens is 1. The molecule has 2 heterocycles. The summed E-state index contributed by atoms with van der Waals surface area (Å²) in [6.45, 7) is -0.402. The first-order valence-electron chi connectivity index (χ1n) is 15.0. The highest BCUT2D eigenvalue weighted by atomic mass is 79.9. The van der Waals surface area contributed by atoms with Crippen LogP contribution in [-0.4, -0.2) is 57.5 Å². The van der Waals surface area contributed by atoms with E-state index in [0.29, 0.717) is 11.1 Å². The Hall–Kier alpha value is -3.49. The fraction of sp³-hybridized carbons (Fsp3) is 0.303. The zero-order chi connectivity index (χ0) is 34.1. The number of carbonyl (C=O) groups excluding carboxylic acids is 1. The zero-order valence-electron chi connectivity index (χ0n) is 25.9. The number of thioether (sulfide) groups is 1. The summed E-state index contributed by atoms with van der Waals surface area (Å²) in [7, 11) is -4.38. The molecule has 1 saturated heterocycles. The van der Waals surface area contributed by atoms with E-state index < -0.39 is 56.0 Å². The number of esters is 1.